The maximum atomic E-state index is 14.3. The number of aliphatic hydroxyl groups is 1. The van der Waals surface area contributed by atoms with Crippen LogP contribution in [0.25, 0.3) is 0 Å². The molecule has 3 N–H and O–H groups in total. The van der Waals surface area contributed by atoms with E-state index in [0.29, 0.717) is 36.8 Å². The molecule has 11 heteroatoms. The number of likely N-dealkylation sites (N-methyl/N-ethyl adjacent to an activating group) is 1. The number of nitrogens with one attached hydrogen (secondary N) is 2. The van der Waals surface area contributed by atoms with Gasteiger partial charge < -0.3 is 30.1 Å². The lowest BCUT2D eigenvalue weighted by atomic mass is 10.0. The number of benzene rings is 2. The van der Waals surface area contributed by atoms with Gasteiger partial charge in [0.2, 0.25) is 0 Å². The molecule has 0 aliphatic carbocycles. The van der Waals surface area contributed by atoms with E-state index in [0.717, 1.165) is 31.4 Å². The van der Waals surface area contributed by atoms with Gasteiger partial charge in [-0.05, 0) is 100 Å². The Hall–Kier alpha value is -4.06. The summed E-state index contributed by atoms with van der Waals surface area (Å²) in [6, 6.07) is 13.4. The minimum Gasteiger partial charge on any atom is -0.490 e. The first-order valence-corrected chi connectivity index (χ1v) is 15.9. The predicted molar refractivity (Wildman–Crippen MR) is 176 cm³/mol. The third-order valence-corrected chi connectivity index (χ3v) is 8.10. The predicted octanol–water partition coefficient (Wildman–Crippen LogP) is 5.79. The van der Waals surface area contributed by atoms with Crippen LogP contribution < -0.4 is 15.4 Å². The highest BCUT2D eigenvalue weighted by Crippen LogP contribution is 2.29. The average Bonchev–Trinajstić information content (AvgIpc) is 3.04. The third kappa shape index (κ3) is 10.2. The first kappa shape index (κ1) is 34.8. The molecule has 2 heterocycles. The Bertz CT molecular complexity index is 1410. The number of aromatic nitrogens is 1. The maximum Gasteiger partial charge on any atom is 0.323 e. The second-order valence-corrected chi connectivity index (χ2v) is 12.1. The van der Waals surface area contributed by atoms with Gasteiger partial charge in [0.05, 0.1) is 30.4 Å². The standard InChI is InChI=1S/C35H46FN5O5/c1-24-20-41(25(2)23-42)34(43)31-19-30(39-35(44)38-29-10-8-28(36)9-11-29)12-13-32(31)46-26(3)7-5-6-18-45-33(24)22-40(4)21-27-14-16-37-17-15-27/h8-17,19,24-26,33,42H,5-7,18,20-23H2,1-4H3,(H2,38,39,44)/t24-,25+,26-,33-/m0/s1. The van der Waals surface area contributed by atoms with E-state index in [1.807, 2.05) is 19.1 Å². The fourth-order valence-corrected chi connectivity index (χ4v) is 5.46. The Kier molecular flexibility index (Phi) is 12.9. The molecule has 3 aromatic rings. The van der Waals surface area contributed by atoms with Crippen LogP contribution in [0.15, 0.2) is 67.0 Å². The first-order chi connectivity index (χ1) is 22.1. The fourth-order valence-electron chi connectivity index (χ4n) is 5.46. The van der Waals surface area contributed by atoms with Crippen molar-refractivity contribution in [2.75, 3.05) is 44.0 Å². The van der Waals surface area contributed by atoms with E-state index in [9.17, 15) is 19.1 Å². The van der Waals surface area contributed by atoms with Gasteiger partial charge in [0.25, 0.3) is 5.91 Å². The van der Waals surface area contributed by atoms with Gasteiger partial charge in [-0.1, -0.05) is 6.92 Å². The molecule has 0 spiro atoms. The number of urea groups is 1. The van der Waals surface area contributed by atoms with Crippen LogP contribution in [-0.2, 0) is 11.3 Å². The maximum absolute atomic E-state index is 14.3. The molecular formula is C35H46FN5O5. The second kappa shape index (κ2) is 17.0. The quantitative estimate of drug-likeness (QED) is 0.287. The molecule has 4 atom stereocenters. The SMILES string of the molecule is C[C@H](CO)N1C[C@H](C)[C@H](CN(C)Cc2ccncc2)OCCCC[C@H](C)Oc2ccc(NC(=O)Nc3ccc(F)cc3)cc2C1=O. The highest BCUT2D eigenvalue weighted by atomic mass is 19.1. The summed E-state index contributed by atoms with van der Waals surface area (Å²) in [6.07, 6.45) is 5.79. The van der Waals surface area contributed by atoms with Crippen LogP contribution in [0.4, 0.5) is 20.6 Å². The normalized spacial score (nSPS) is 20.3. The highest BCUT2D eigenvalue weighted by molar-refractivity contribution is 6.02. The lowest BCUT2D eigenvalue weighted by Crippen LogP contribution is -2.47. The summed E-state index contributed by atoms with van der Waals surface area (Å²) in [5, 5.41) is 15.6. The van der Waals surface area contributed by atoms with Gasteiger partial charge in [0, 0.05) is 55.9 Å². The summed E-state index contributed by atoms with van der Waals surface area (Å²) in [6.45, 7) is 7.95. The minimum absolute atomic E-state index is 0.0631. The monoisotopic (exact) mass is 635 g/mol. The minimum atomic E-state index is -0.542. The number of rotatable bonds is 8. The molecule has 3 amide bonds. The van der Waals surface area contributed by atoms with Crippen molar-refractivity contribution in [2.24, 2.45) is 5.92 Å². The number of carbonyl (C=O) groups is 2. The zero-order chi connectivity index (χ0) is 33.1. The molecule has 1 aromatic heterocycles. The largest absolute Gasteiger partial charge is 0.490 e. The number of amides is 3. The molecule has 0 unspecified atom stereocenters. The summed E-state index contributed by atoms with van der Waals surface area (Å²) < 4.78 is 26.0. The van der Waals surface area contributed by atoms with Gasteiger partial charge in [-0.2, -0.15) is 0 Å². The molecule has 4 rings (SSSR count). The summed E-state index contributed by atoms with van der Waals surface area (Å²) in [4.78, 5) is 35.0. The number of ether oxygens (including phenoxy) is 2. The number of fused-ring (bicyclic) bond motifs is 1. The Labute approximate surface area is 270 Å². The molecule has 0 bridgehead atoms. The van der Waals surface area contributed by atoms with Gasteiger partial charge >= 0.3 is 6.03 Å². The Morgan fingerprint density at radius 2 is 1.78 bits per heavy atom. The van der Waals surface area contributed by atoms with Crippen LogP contribution in [0.1, 0.15) is 56.0 Å². The van der Waals surface area contributed by atoms with Gasteiger partial charge in [-0.15, -0.1) is 0 Å². The summed E-state index contributed by atoms with van der Waals surface area (Å²) in [5.41, 5.74) is 2.24. The number of carbonyl (C=O) groups excluding carboxylic acids is 2. The molecule has 2 aromatic carbocycles. The first-order valence-electron chi connectivity index (χ1n) is 15.9. The lowest BCUT2D eigenvalue weighted by Gasteiger charge is -2.36. The van der Waals surface area contributed by atoms with E-state index in [1.165, 1.54) is 24.3 Å². The van der Waals surface area contributed by atoms with Crippen LogP contribution in [0.3, 0.4) is 0 Å². The lowest BCUT2D eigenvalue weighted by molar-refractivity contribution is -0.0177. The van der Waals surface area contributed by atoms with Crippen molar-refractivity contribution in [3.63, 3.8) is 0 Å². The molecular weight excluding hydrogens is 589 g/mol. The van der Waals surface area contributed by atoms with Crippen molar-refractivity contribution in [3.05, 3.63) is 83.9 Å². The van der Waals surface area contributed by atoms with Crippen LogP contribution in [0.2, 0.25) is 0 Å². The smallest absolute Gasteiger partial charge is 0.323 e. The number of hydrogen-bond donors (Lipinski definition) is 3. The van der Waals surface area contributed by atoms with Gasteiger partial charge in [-0.25, -0.2) is 9.18 Å². The average molecular weight is 636 g/mol. The molecule has 10 nitrogen and oxygen atoms in total. The van der Waals surface area contributed by atoms with Crippen LogP contribution in [-0.4, -0.2) is 83.4 Å². The van der Waals surface area contributed by atoms with Gasteiger partial charge in [0.1, 0.15) is 11.6 Å². The number of pyridine rings is 1. The van der Waals surface area contributed by atoms with Crippen molar-refractivity contribution < 1.29 is 28.6 Å². The molecule has 0 fully saturated rings. The van der Waals surface area contributed by atoms with E-state index in [4.69, 9.17) is 9.47 Å². The molecule has 248 valence electrons. The highest BCUT2D eigenvalue weighted by Gasteiger charge is 2.30. The molecule has 1 aliphatic rings. The number of anilines is 2. The van der Waals surface area contributed by atoms with Gasteiger partial charge in [0.15, 0.2) is 0 Å². The number of nitrogens with zero attached hydrogens (tertiary/aromatic N) is 3. The Morgan fingerprint density at radius 3 is 2.50 bits per heavy atom. The summed E-state index contributed by atoms with van der Waals surface area (Å²) in [7, 11) is 2.05. The van der Waals surface area contributed by atoms with Gasteiger partial charge in [-0.3, -0.25) is 14.7 Å². The summed E-state index contributed by atoms with van der Waals surface area (Å²) >= 11 is 0. The van der Waals surface area contributed by atoms with E-state index in [2.05, 4.69) is 34.5 Å². The van der Waals surface area contributed by atoms with E-state index >= 15 is 0 Å². The molecule has 46 heavy (non-hydrogen) atoms. The van der Waals surface area contributed by atoms with E-state index in [-0.39, 0.29) is 36.2 Å². The second-order valence-electron chi connectivity index (χ2n) is 12.1. The fraction of sp³-hybridized carbons (Fsp3) is 0.457. The third-order valence-electron chi connectivity index (χ3n) is 8.10. The Morgan fingerprint density at radius 1 is 1.09 bits per heavy atom. The zero-order valence-electron chi connectivity index (χ0n) is 27.1. The Balaban J connectivity index is 1.58. The molecule has 1 aliphatic heterocycles. The van der Waals surface area contributed by atoms with E-state index < -0.39 is 17.9 Å². The van der Waals surface area contributed by atoms with Crippen molar-refractivity contribution in [1.82, 2.24) is 14.8 Å². The van der Waals surface area contributed by atoms with Crippen molar-refractivity contribution in [1.29, 1.82) is 0 Å². The van der Waals surface area contributed by atoms with Crippen LogP contribution in [0, 0.1) is 11.7 Å². The number of aliphatic hydroxyl groups excluding tert-OH is 1. The molecule has 0 saturated heterocycles. The van der Waals surface area contributed by atoms with E-state index in [1.54, 1.807) is 42.4 Å². The topological polar surface area (TPSA) is 116 Å². The molecule has 0 saturated carbocycles. The number of hydrogen-bond acceptors (Lipinski definition) is 7. The zero-order valence-corrected chi connectivity index (χ0v) is 27.1. The summed E-state index contributed by atoms with van der Waals surface area (Å²) in [5.74, 6) is -0.381. The van der Waals surface area contributed by atoms with Crippen LogP contribution >= 0.6 is 0 Å². The number of halogens is 1. The van der Waals surface area contributed by atoms with Crippen LogP contribution in [0.5, 0.6) is 5.75 Å². The van der Waals surface area contributed by atoms with Crippen molar-refractivity contribution in [2.45, 2.75) is 64.8 Å². The van der Waals surface area contributed by atoms with Crippen molar-refractivity contribution >= 4 is 23.3 Å². The van der Waals surface area contributed by atoms with Crippen molar-refractivity contribution in [3.8, 4) is 5.75 Å². The molecule has 0 radical (unpaired) electrons.